The van der Waals surface area contributed by atoms with Gasteiger partial charge in [0.05, 0.1) is 4.92 Å². The number of carboxylic acid groups (broad SMARTS) is 1. The Morgan fingerprint density at radius 2 is 1.87 bits per heavy atom. The van der Waals surface area contributed by atoms with Crippen molar-refractivity contribution in [3.8, 4) is 0 Å². The summed E-state index contributed by atoms with van der Waals surface area (Å²) in [4.78, 5) is 35.9. The largest absolute Gasteiger partial charge is 0.476 e. The first-order valence-corrected chi connectivity index (χ1v) is 9.68. The number of carbonyl (C=O) groups is 2. The summed E-state index contributed by atoms with van der Waals surface area (Å²) in [7, 11) is 0. The predicted molar refractivity (Wildman–Crippen MR) is 111 cm³/mol. The molecule has 0 aliphatic heterocycles. The molecule has 0 aliphatic carbocycles. The van der Waals surface area contributed by atoms with Crippen molar-refractivity contribution in [1.82, 2.24) is 9.78 Å². The van der Waals surface area contributed by atoms with Gasteiger partial charge in [0.2, 0.25) is 5.91 Å². The molecule has 30 heavy (non-hydrogen) atoms. The lowest BCUT2D eigenvalue weighted by atomic mass is 10.2. The number of hydrogen-bond acceptors (Lipinski definition) is 6. The van der Waals surface area contributed by atoms with Crippen LogP contribution in [0.5, 0.6) is 0 Å². The Hall–Kier alpha value is -3.66. The maximum Gasteiger partial charge on any atom is 0.356 e. The molecule has 3 aromatic rings. The Kier molecular flexibility index (Phi) is 6.17. The molecule has 0 saturated heterocycles. The van der Waals surface area contributed by atoms with Gasteiger partial charge in [0, 0.05) is 33.8 Å². The second kappa shape index (κ2) is 8.78. The molecule has 0 saturated carbocycles. The van der Waals surface area contributed by atoms with Gasteiger partial charge in [0.1, 0.15) is 6.04 Å². The van der Waals surface area contributed by atoms with Crippen LogP contribution >= 0.6 is 11.8 Å². The first-order valence-electron chi connectivity index (χ1n) is 8.86. The van der Waals surface area contributed by atoms with Gasteiger partial charge < -0.3 is 10.4 Å². The Morgan fingerprint density at radius 1 is 1.17 bits per heavy atom. The minimum absolute atomic E-state index is 0.151. The molecule has 0 fully saturated rings. The number of aromatic nitrogens is 2. The highest BCUT2D eigenvalue weighted by atomic mass is 32.2. The van der Waals surface area contributed by atoms with E-state index in [4.69, 9.17) is 5.11 Å². The lowest BCUT2D eigenvalue weighted by molar-refractivity contribution is -0.385. The second-order valence-corrected chi connectivity index (χ2v) is 7.69. The third-order valence-corrected chi connectivity index (χ3v) is 5.21. The Labute approximate surface area is 175 Å². The van der Waals surface area contributed by atoms with Crippen LogP contribution in [-0.4, -0.2) is 31.7 Å². The predicted octanol–water partition coefficient (Wildman–Crippen LogP) is 4.15. The quantitative estimate of drug-likeness (QED) is 0.429. The second-order valence-electron chi connectivity index (χ2n) is 6.54. The molecule has 1 aromatic heterocycles. The number of benzene rings is 2. The highest BCUT2D eigenvalue weighted by Gasteiger charge is 2.19. The van der Waals surface area contributed by atoms with Crippen LogP contribution < -0.4 is 5.32 Å². The van der Waals surface area contributed by atoms with Crippen molar-refractivity contribution in [2.45, 2.75) is 29.7 Å². The zero-order valence-corrected chi connectivity index (χ0v) is 16.9. The number of nitro groups is 1. The molecule has 1 unspecified atom stereocenters. The van der Waals surface area contributed by atoms with E-state index in [1.165, 1.54) is 40.8 Å². The third kappa shape index (κ3) is 5.03. The van der Waals surface area contributed by atoms with Crippen molar-refractivity contribution >= 4 is 35.0 Å². The number of anilines is 1. The van der Waals surface area contributed by atoms with Crippen LogP contribution in [0.15, 0.2) is 64.5 Å². The van der Waals surface area contributed by atoms with Gasteiger partial charge in [-0.15, -0.1) is 0 Å². The van der Waals surface area contributed by atoms with E-state index >= 15 is 0 Å². The van der Waals surface area contributed by atoms with Crippen molar-refractivity contribution in [2.75, 3.05) is 5.32 Å². The number of nitrogens with one attached hydrogen (secondary N) is 1. The number of rotatable bonds is 7. The number of hydrogen-bond donors (Lipinski definition) is 2. The molecular formula is C20H18N4O5S. The zero-order chi connectivity index (χ0) is 21.8. The molecule has 2 N–H and O–H groups in total. The maximum atomic E-state index is 12.6. The van der Waals surface area contributed by atoms with Crippen molar-refractivity contribution in [1.29, 1.82) is 0 Å². The van der Waals surface area contributed by atoms with Gasteiger partial charge in [-0.05, 0) is 38.1 Å². The molecule has 3 rings (SSSR count). The van der Waals surface area contributed by atoms with Gasteiger partial charge in [-0.25, -0.2) is 4.79 Å². The van der Waals surface area contributed by atoms with E-state index in [0.29, 0.717) is 4.90 Å². The minimum Gasteiger partial charge on any atom is -0.476 e. The van der Waals surface area contributed by atoms with E-state index in [1.54, 1.807) is 13.0 Å². The smallest absolute Gasteiger partial charge is 0.356 e. The number of aryl methyl sites for hydroxylation is 1. The van der Waals surface area contributed by atoms with Crippen molar-refractivity contribution in [3.05, 3.63) is 76.1 Å². The number of nitro benzene ring substituents is 1. The summed E-state index contributed by atoms with van der Waals surface area (Å²) < 4.78 is 1.22. The van der Waals surface area contributed by atoms with E-state index < -0.39 is 22.8 Å². The summed E-state index contributed by atoms with van der Waals surface area (Å²) in [5, 5.41) is 26.8. The standard InChI is InChI=1S/C20H18N4O5S/c1-12-3-5-16(6-4-12)30-17-10-14(9-15(11-17)24(28)29)21-19(25)13(2)23-8-7-18(22-23)20(26)27/h3-11,13H,1-2H3,(H,21,25)(H,26,27). The molecule has 0 spiro atoms. The van der Waals surface area contributed by atoms with E-state index in [1.807, 2.05) is 31.2 Å². The number of aromatic carboxylic acids is 1. The fraction of sp³-hybridized carbons (Fsp3) is 0.150. The molecule has 1 atom stereocenters. The van der Waals surface area contributed by atoms with Gasteiger partial charge in [-0.2, -0.15) is 5.10 Å². The highest BCUT2D eigenvalue weighted by Crippen LogP contribution is 2.33. The molecule has 0 radical (unpaired) electrons. The van der Waals surface area contributed by atoms with Gasteiger partial charge in [-0.1, -0.05) is 29.5 Å². The number of amides is 1. The van der Waals surface area contributed by atoms with Crippen molar-refractivity contribution < 1.29 is 19.6 Å². The van der Waals surface area contributed by atoms with Gasteiger partial charge in [0.15, 0.2) is 5.69 Å². The summed E-state index contributed by atoms with van der Waals surface area (Å²) in [6, 6.07) is 12.5. The average Bonchev–Trinajstić information content (AvgIpc) is 3.19. The molecule has 1 amide bonds. The SMILES string of the molecule is Cc1ccc(Sc2cc(NC(=O)C(C)n3ccc(C(=O)O)n3)cc([N+](=O)[O-])c2)cc1. The van der Waals surface area contributed by atoms with E-state index in [9.17, 15) is 19.7 Å². The van der Waals surface area contributed by atoms with E-state index in [0.717, 1.165) is 10.5 Å². The van der Waals surface area contributed by atoms with E-state index in [2.05, 4.69) is 10.4 Å². The van der Waals surface area contributed by atoms with Crippen LogP contribution in [0.4, 0.5) is 11.4 Å². The molecule has 0 bridgehead atoms. The van der Waals surface area contributed by atoms with Crippen LogP contribution in [0.1, 0.15) is 29.0 Å². The van der Waals surface area contributed by atoms with Crippen LogP contribution in [0, 0.1) is 17.0 Å². The highest BCUT2D eigenvalue weighted by molar-refractivity contribution is 7.99. The summed E-state index contributed by atoms with van der Waals surface area (Å²) in [6.45, 7) is 3.52. The first kappa shape index (κ1) is 21.1. The average molecular weight is 426 g/mol. The molecule has 1 heterocycles. The Bertz CT molecular complexity index is 1110. The normalized spacial score (nSPS) is 11.7. The Balaban J connectivity index is 1.82. The van der Waals surface area contributed by atoms with Crippen LogP contribution in [0.3, 0.4) is 0 Å². The van der Waals surface area contributed by atoms with Gasteiger partial charge >= 0.3 is 5.97 Å². The molecule has 10 heteroatoms. The van der Waals surface area contributed by atoms with Crippen LogP contribution in [0.2, 0.25) is 0 Å². The fourth-order valence-corrected chi connectivity index (χ4v) is 3.51. The minimum atomic E-state index is -1.20. The number of carboxylic acids is 1. The molecule has 9 nitrogen and oxygen atoms in total. The lowest BCUT2D eigenvalue weighted by Crippen LogP contribution is -2.24. The first-order chi connectivity index (χ1) is 14.2. The van der Waals surface area contributed by atoms with E-state index in [-0.39, 0.29) is 17.1 Å². The summed E-state index contributed by atoms with van der Waals surface area (Å²) >= 11 is 1.34. The van der Waals surface area contributed by atoms with Crippen LogP contribution in [-0.2, 0) is 4.79 Å². The summed E-state index contributed by atoms with van der Waals surface area (Å²) in [5.74, 6) is -1.68. The van der Waals surface area contributed by atoms with Crippen LogP contribution in [0.25, 0.3) is 0 Å². The monoisotopic (exact) mass is 426 g/mol. The topological polar surface area (TPSA) is 127 Å². The summed E-state index contributed by atoms with van der Waals surface area (Å²) in [6.07, 6.45) is 1.39. The zero-order valence-electron chi connectivity index (χ0n) is 16.1. The summed E-state index contributed by atoms with van der Waals surface area (Å²) in [5.41, 5.74) is 1.04. The molecule has 0 aliphatic rings. The van der Waals surface area contributed by atoms with Crippen molar-refractivity contribution in [3.63, 3.8) is 0 Å². The molecule has 2 aromatic carbocycles. The molecule has 154 valence electrons. The number of non-ortho nitro benzene ring substituents is 1. The van der Waals surface area contributed by atoms with Gasteiger partial charge in [0.25, 0.3) is 5.69 Å². The lowest BCUT2D eigenvalue weighted by Gasteiger charge is -2.13. The van der Waals surface area contributed by atoms with Gasteiger partial charge in [-0.3, -0.25) is 19.6 Å². The molecular weight excluding hydrogens is 408 g/mol. The fourth-order valence-electron chi connectivity index (χ4n) is 2.60. The Morgan fingerprint density at radius 3 is 2.47 bits per heavy atom. The number of nitrogens with zero attached hydrogens (tertiary/aromatic N) is 3. The van der Waals surface area contributed by atoms with Crippen molar-refractivity contribution in [2.24, 2.45) is 0 Å². The number of carbonyl (C=O) groups excluding carboxylic acids is 1. The maximum absolute atomic E-state index is 12.6. The third-order valence-electron chi connectivity index (χ3n) is 4.23.